The molecule has 7 heteroatoms. The number of benzene rings is 2. The number of hydrogen-bond donors (Lipinski definition) is 0. The minimum atomic E-state index is -4.68. The Morgan fingerprint density at radius 2 is 1.57 bits per heavy atom. The van der Waals surface area contributed by atoms with Crippen LogP contribution in [0.2, 0.25) is 0 Å². The van der Waals surface area contributed by atoms with Gasteiger partial charge in [0.25, 0.3) is 0 Å². The monoisotopic (exact) mass is 322 g/mol. The molecule has 0 saturated carbocycles. The molecule has 0 radical (unpaired) electrons. The van der Waals surface area contributed by atoms with Crippen molar-refractivity contribution in [3.05, 3.63) is 59.2 Å². The Morgan fingerprint density at radius 1 is 0.952 bits per heavy atom. The third-order valence-electron chi connectivity index (χ3n) is 2.57. The van der Waals surface area contributed by atoms with Gasteiger partial charge in [0, 0.05) is 24.1 Å². The SMILES string of the molecule is Fc1cc(F)cc(Oc2ccc(CCl)cc2C(F)(F)F)c1. The summed E-state index contributed by atoms with van der Waals surface area (Å²) in [6, 6.07) is 5.40. The molecule has 0 unspecified atom stereocenters. The van der Waals surface area contributed by atoms with Gasteiger partial charge in [-0.2, -0.15) is 13.2 Å². The van der Waals surface area contributed by atoms with Crippen molar-refractivity contribution >= 4 is 11.6 Å². The molecule has 21 heavy (non-hydrogen) atoms. The van der Waals surface area contributed by atoms with Gasteiger partial charge in [-0.1, -0.05) is 6.07 Å². The summed E-state index contributed by atoms with van der Waals surface area (Å²) in [5, 5.41) is 0. The van der Waals surface area contributed by atoms with Crippen LogP contribution in [0.3, 0.4) is 0 Å². The van der Waals surface area contributed by atoms with E-state index in [-0.39, 0.29) is 17.2 Å². The molecule has 0 aliphatic carbocycles. The topological polar surface area (TPSA) is 9.23 Å². The van der Waals surface area contributed by atoms with Gasteiger partial charge >= 0.3 is 6.18 Å². The fourth-order valence-corrected chi connectivity index (χ4v) is 1.85. The summed E-state index contributed by atoms with van der Waals surface area (Å²) in [6.45, 7) is 0. The summed E-state index contributed by atoms with van der Waals surface area (Å²) in [6.07, 6.45) is -4.68. The van der Waals surface area contributed by atoms with Gasteiger partial charge in [-0.25, -0.2) is 8.78 Å². The summed E-state index contributed by atoms with van der Waals surface area (Å²) in [7, 11) is 0. The molecule has 0 amide bonds. The molecule has 2 aromatic rings. The van der Waals surface area contributed by atoms with Crippen molar-refractivity contribution < 1.29 is 26.7 Å². The molecular formula is C14H8ClF5O. The highest BCUT2D eigenvalue weighted by molar-refractivity contribution is 6.17. The summed E-state index contributed by atoms with van der Waals surface area (Å²) in [5.74, 6) is -2.91. The Balaban J connectivity index is 2.43. The zero-order chi connectivity index (χ0) is 15.6. The molecular weight excluding hydrogens is 315 g/mol. The fourth-order valence-electron chi connectivity index (χ4n) is 1.69. The Hall–Kier alpha value is -1.82. The van der Waals surface area contributed by atoms with Crippen LogP contribution in [0.25, 0.3) is 0 Å². The molecule has 0 bridgehead atoms. The van der Waals surface area contributed by atoms with E-state index in [1.165, 1.54) is 6.07 Å². The van der Waals surface area contributed by atoms with Crippen molar-refractivity contribution in [3.63, 3.8) is 0 Å². The standard InChI is InChI=1S/C14H8ClF5O/c15-7-8-1-2-13(12(3-8)14(18,19)20)21-11-5-9(16)4-10(17)6-11/h1-6H,7H2. The van der Waals surface area contributed by atoms with E-state index in [2.05, 4.69) is 0 Å². The number of alkyl halides is 4. The second-order valence-corrected chi connectivity index (χ2v) is 4.44. The lowest BCUT2D eigenvalue weighted by Crippen LogP contribution is -2.08. The van der Waals surface area contributed by atoms with E-state index in [1.54, 1.807) is 0 Å². The van der Waals surface area contributed by atoms with Gasteiger partial charge in [-0.05, 0) is 17.7 Å². The molecule has 0 atom stereocenters. The molecule has 0 aliphatic rings. The molecule has 0 aromatic heterocycles. The first-order chi connectivity index (χ1) is 9.79. The van der Waals surface area contributed by atoms with Crippen LogP contribution < -0.4 is 4.74 Å². The first-order valence-electron chi connectivity index (χ1n) is 5.69. The predicted molar refractivity (Wildman–Crippen MR) is 67.4 cm³/mol. The van der Waals surface area contributed by atoms with Crippen molar-refractivity contribution in [2.24, 2.45) is 0 Å². The molecule has 0 N–H and O–H groups in total. The Bertz CT molecular complexity index is 634. The third-order valence-corrected chi connectivity index (χ3v) is 2.88. The minimum absolute atomic E-state index is 0.0993. The Labute approximate surface area is 121 Å². The molecule has 1 nitrogen and oxygen atoms in total. The van der Waals surface area contributed by atoms with Crippen molar-refractivity contribution in [3.8, 4) is 11.5 Å². The number of ether oxygens (including phenoxy) is 1. The van der Waals surface area contributed by atoms with E-state index >= 15 is 0 Å². The van der Waals surface area contributed by atoms with Crippen LogP contribution in [0.5, 0.6) is 11.5 Å². The van der Waals surface area contributed by atoms with Crippen LogP contribution in [0, 0.1) is 11.6 Å². The average molecular weight is 323 g/mol. The molecule has 0 saturated heterocycles. The molecule has 2 aromatic carbocycles. The molecule has 2 rings (SSSR count). The largest absolute Gasteiger partial charge is 0.457 e. The zero-order valence-electron chi connectivity index (χ0n) is 10.3. The molecule has 0 fully saturated rings. The summed E-state index contributed by atoms with van der Waals surface area (Å²) < 4.78 is 69.9. The van der Waals surface area contributed by atoms with Crippen molar-refractivity contribution in [1.29, 1.82) is 0 Å². The maximum atomic E-state index is 13.0. The highest BCUT2D eigenvalue weighted by atomic mass is 35.5. The van der Waals surface area contributed by atoms with Crippen LogP contribution in [0.1, 0.15) is 11.1 Å². The zero-order valence-corrected chi connectivity index (χ0v) is 11.1. The Morgan fingerprint density at radius 3 is 2.10 bits per heavy atom. The highest BCUT2D eigenvalue weighted by Gasteiger charge is 2.34. The first-order valence-corrected chi connectivity index (χ1v) is 6.23. The quantitative estimate of drug-likeness (QED) is 0.534. The number of halogens is 6. The number of rotatable bonds is 3. The first kappa shape index (κ1) is 15.6. The maximum absolute atomic E-state index is 13.0. The van der Waals surface area contributed by atoms with E-state index in [1.807, 2.05) is 0 Å². The van der Waals surface area contributed by atoms with Crippen molar-refractivity contribution in [2.45, 2.75) is 12.1 Å². The second-order valence-electron chi connectivity index (χ2n) is 4.17. The van der Waals surface area contributed by atoms with Gasteiger partial charge in [-0.15, -0.1) is 11.6 Å². The molecule has 0 aliphatic heterocycles. The summed E-state index contributed by atoms with van der Waals surface area (Å²) >= 11 is 5.50. The smallest absolute Gasteiger partial charge is 0.419 e. The normalized spacial score (nSPS) is 11.5. The van der Waals surface area contributed by atoms with Crippen LogP contribution in [-0.4, -0.2) is 0 Å². The lowest BCUT2D eigenvalue weighted by molar-refractivity contribution is -0.138. The van der Waals surface area contributed by atoms with E-state index in [0.717, 1.165) is 24.3 Å². The van der Waals surface area contributed by atoms with Crippen LogP contribution in [0.4, 0.5) is 22.0 Å². The summed E-state index contributed by atoms with van der Waals surface area (Å²) in [4.78, 5) is 0. The van der Waals surface area contributed by atoms with Crippen LogP contribution in [-0.2, 0) is 12.1 Å². The van der Waals surface area contributed by atoms with E-state index in [9.17, 15) is 22.0 Å². The van der Waals surface area contributed by atoms with Gasteiger partial charge in [-0.3, -0.25) is 0 Å². The van der Waals surface area contributed by atoms with E-state index < -0.39 is 29.1 Å². The van der Waals surface area contributed by atoms with Crippen molar-refractivity contribution in [2.75, 3.05) is 0 Å². The fraction of sp³-hybridized carbons (Fsp3) is 0.143. The molecule has 112 valence electrons. The van der Waals surface area contributed by atoms with Crippen LogP contribution in [0.15, 0.2) is 36.4 Å². The van der Waals surface area contributed by atoms with Crippen molar-refractivity contribution in [1.82, 2.24) is 0 Å². The lowest BCUT2D eigenvalue weighted by Gasteiger charge is -2.14. The predicted octanol–water partition coefficient (Wildman–Crippen LogP) is 5.51. The van der Waals surface area contributed by atoms with E-state index in [0.29, 0.717) is 6.07 Å². The summed E-state index contributed by atoms with van der Waals surface area (Å²) in [5.41, 5.74) is -0.813. The minimum Gasteiger partial charge on any atom is -0.457 e. The average Bonchev–Trinajstić information content (AvgIpc) is 2.36. The van der Waals surface area contributed by atoms with Gasteiger partial charge in [0.05, 0.1) is 5.56 Å². The van der Waals surface area contributed by atoms with Gasteiger partial charge in [0.1, 0.15) is 23.1 Å². The van der Waals surface area contributed by atoms with Gasteiger partial charge in [0.2, 0.25) is 0 Å². The van der Waals surface area contributed by atoms with Gasteiger partial charge in [0.15, 0.2) is 0 Å². The molecule has 0 spiro atoms. The number of hydrogen-bond acceptors (Lipinski definition) is 1. The van der Waals surface area contributed by atoms with Crippen LogP contribution >= 0.6 is 11.6 Å². The second kappa shape index (κ2) is 5.89. The maximum Gasteiger partial charge on any atom is 0.419 e. The lowest BCUT2D eigenvalue weighted by atomic mass is 10.1. The molecule has 0 heterocycles. The Kier molecular flexibility index (Phi) is 4.37. The highest BCUT2D eigenvalue weighted by Crippen LogP contribution is 2.39. The third kappa shape index (κ3) is 3.85. The van der Waals surface area contributed by atoms with E-state index in [4.69, 9.17) is 16.3 Å². The van der Waals surface area contributed by atoms with Gasteiger partial charge < -0.3 is 4.74 Å².